The largest absolute Gasteiger partial charge is 0.469 e. The normalized spacial score (nSPS) is 12.2. The number of hydrogen-bond donors (Lipinski definition) is 1. The zero-order chi connectivity index (χ0) is 7.98. The molecule has 0 radical (unpaired) electrons. The Balaban J connectivity index is 3.62. The predicted molar refractivity (Wildman–Crippen MR) is 33.3 cm³/mol. The van der Waals surface area contributed by atoms with E-state index in [0.717, 1.165) is 0 Å². The summed E-state index contributed by atoms with van der Waals surface area (Å²) in [7, 11) is 1.24. The highest BCUT2D eigenvalue weighted by atomic mass is 16.5. The Labute approximate surface area is 58.8 Å². The molecule has 1 unspecified atom stereocenters. The Hall–Kier alpha value is -0.900. The van der Waals surface area contributed by atoms with Gasteiger partial charge in [-0.3, -0.25) is 4.79 Å². The fourth-order valence-electron chi connectivity index (χ4n) is 0.453. The molecule has 0 saturated heterocycles. The SMILES string of the molecule is COC(=O)CC(C=O)CO. The first-order valence-electron chi connectivity index (χ1n) is 2.87. The van der Waals surface area contributed by atoms with Crippen LogP contribution in [-0.2, 0) is 14.3 Å². The quantitative estimate of drug-likeness (QED) is 0.423. The van der Waals surface area contributed by atoms with Gasteiger partial charge in [-0.05, 0) is 0 Å². The molecule has 0 bridgehead atoms. The van der Waals surface area contributed by atoms with Crippen LogP contribution in [0.25, 0.3) is 0 Å². The molecule has 0 aromatic rings. The molecule has 10 heavy (non-hydrogen) atoms. The molecule has 0 amide bonds. The highest BCUT2D eigenvalue weighted by Gasteiger charge is 2.11. The van der Waals surface area contributed by atoms with Gasteiger partial charge >= 0.3 is 5.97 Å². The van der Waals surface area contributed by atoms with Crippen LogP contribution >= 0.6 is 0 Å². The number of ether oxygens (including phenoxy) is 1. The molecule has 58 valence electrons. The molecule has 0 aromatic heterocycles. The van der Waals surface area contributed by atoms with Crippen LogP contribution in [0.5, 0.6) is 0 Å². The number of methoxy groups -OCH3 is 1. The highest BCUT2D eigenvalue weighted by Crippen LogP contribution is 1.98. The molecule has 0 aliphatic rings. The van der Waals surface area contributed by atoms with Crippen molar-refractivity contribution in [3.8, 4) is 0 Å². The smallest absolute Gasteiger partial charge is 0.306 e. The van der Waals surface area contributed by atoms with Gasteiger partial charge in [-0.25, -0.2) is 0 Å². The Bertz CT molecular complexity index is 121. The standard InChI is InChI=1S/C6H10O4/c1-10-6(9)2-5(3-7)4-8/h3,5,8H,2,4H2,1H3. The summed E-state index contributed by atoms with van der Waals surface area (Å²) < 4.78 is 4.28. The maximum atomic E-state index is 10.4. The van der Waals surface area contributed by atoms with Crippen LogP contribution in [0, 0.1) is 5.92 Å². The third kappa shape index (κ3) is 3.19. The van der Waals surface area contributed by atoms with E-state index < -0.39 is 11.9 Å². The minimum Gasteiger partial charge on any atom is -0.469 e. The summed E-state index contributed by atoms with van der Waals surface area (Å²) in [5.41, 5.74) is 0. The van der Waals surface area contributed by atoms with Crippen LogP contribution in [0.15, 0.2) is 0 Å². The first-order valence-corrected chi connectivity index (χ1v) is 2.87. The van der Waals surface area contributed by atoms with Gasteiger partial charge in [0.2, 0.25) is 0 Å². The van der Waals surface area contributed by atoms with E-state index >= 15 is 0 Å². The average Bonchev–Trinajstić information content (AvgIpc) is 1.99. The zero-order valence-corrected chi connectivity index (χ0v) is 5.74. The minimum atomic E-state index is -0.618. The van der Waals surface area contributed by atoms with E-state index in [2.05, 4.69) is 4.74 Å². The predicted octanol–water partition coefficient (Wildman–Crippen LogP) is -0.643. The number of aldehydes is 1. The first-order chi connectivity index (χ1) is 4.74. The number of rotatable bonds is 4. The maximum absolute atomic E-state index is 10.4. The lowest BCUT2D eigenvalue weighted by molar-refractivity contribution is -0.143. The summed E-state index contributed by atoms with van der Waals surface area (Å²) in [4.78, 5) is 20.5. The van der Waals surface area contributed by atoms with Gasteiger partial charge in [-0.15, -0.1) is 0 Å². The lowest BCUT2D eigenvalue weighted by Gasteiger charge is -2.02. The van der Waals surface area contributed by atoms with E-state index in [4.69, 9.17) is 5.11 Å². The fraction of sp³-hybridized carbons (Fsp3) is 0.667. The second kappa shape index (κ2) is 4.93. The van der Waals surface area contributed by atoms with Crippen LogP contribution in [0.4, 0.5) is 0 Å². The van der Waals surface area contributed by atoms with Crippen LogP contribution in [0.1, 0.15) is 6.42 Å². The van der Waals surface area contributed by atoms with Crippen molar-refractivity contribution >= 4 is 12.3 Å². The van der Waals surface area contributed by atoms with E-state index in [-0.39, 0.29) is 13.0 Å². The summed E-state index contributed by atoms with van der Waals surface area (Å²) in [6.07, 6.45) is 0.493. The second-order valence-corrected chi connectivity index (χ2v) is 1.86. The van der Waals surface area contributed by atoms with Crippen molar-refractivity contribution in [2.45, 2.75) is 6.42 Å². The minimum absolute atomic E-state index is 0.0451. The number of esters is 1. The van der Waals surface area contributed by atoms with E-state index in [1.54, 1.807) is 0 Å². The molecule has 0 fully saturated rings. The number of carbonyl (C=O) groups excluding carboxylic acids is 2. The molecule has 0 aliphatic heterocycles. The van der Waals surface area contributed by atoms with E-state index in [0.29, 0.717) is 6.29 Å². The third-order valence-electron chi connectivity index (χ3n) is 1.08. The van der Waals surface area contributed by atoms with Gasteiger partial charge in [0, 0.05) is 5.92 Å². The third-order valence-corrected chi connectivity index (χ3v) is 1.08. The second-order valence-electron chi connectivity index (χ2n) is 1.86. The van der Waals surface area contributed by atoms with E-state index in [1.807, 2.05) is 0 Å². The first kappa shape index (κ1) is 9.10. The van der Waals surface area contributed by atoms with Gasteiger partial charge in [-0.2, -0.15) is 0 Å². The van der Waals surface area contributed by atoms with Crippen LogP contribution < -0.4 is 0 Å². The van der Waals surface area contributed by atoms with Gasteiger partial charge in [0.15, 0.2) is 0 Å². The molecule has 0 spiro atoms. The molecule has 0 aliphatic carbocycles. The van der Waals surface area contributed by atoms with Crippen molar-refractivity contribution in [3.05, 3.63) is 0 Å². The van der Waals surface area contributed by atoms with Gasteiger partial charge in [0.05, 0.1) is 20.1 Å². The molecule has 0 saturated carbocycles. The monoisotopic (exact) mass is 146 g/mol. The molecule has 4 heteroatoms. The van der Waals surface area contributed by atoms with Crippen molar-refractivity contribution in [1.29, 1.82) is 0 Å². The van der Waals surface area contributed by atoms with Gasteiger partial charge < -0.3 is 14.6 Å². The number of aliphatic hydroxyl groups excluding tert-OH is 1. The molecular formula is C6H10O4. The summed E-state index contributed by atoms with van der Waals surface area (Å²) in [6.45, 7) is -0.307. The molecule has 1 N–H and O–H groups in total. The summed E-state index contributed by atoms with van der Waals surface area (Å²) in [5.74, 6) is -1.10. The van der Waals surface area contributed by atoms with Crippen molar-refractivity contribution < 1.29 is 19.4 Å². The lowest BCUT2D eigenvalue weighted by atomic mass is 10.1. The number of aliphatic hydroxyl groups is 1. The van der Waals surface area contributed by atoms with Crippen molar-refractivity contribution in [2.24, 2.45) is 5.92 Å². The van der Waals surface area contributed by atoms with Crippen molar-refractivity contribution in [1.82, 2.24) is 0 Å². The summed E-state index contributed by atoms with van der Waals surface area (Å²) in [6, 6.07) is 0. The Morgan fingerprint density at radius 2 is 2.40 bits per heavy atom. The lowest BCUT2D eigenvalue weighted by Crippen LogP contribution is -2.14. The Kier molecular flexibility index (Phi) is 4.49. The van der Waals surface area contributed by atoms with Crippen molar-refractivity contribution in [3.63, 3.8) is 0 Å². The molecule has 0 heterocycles. The molecule has 1 atom stereocenters. The van der Waals surface area contributed by atoms with Gasteiger partial charge in [0.1, 0.15) is 6.29 Å². The number of hydrogen-bond acceptors (Lipinski definition) is 4. The van der Waals surface area contributed by atoms with E-state index in [9.17, 15) is 9.59 Å². The molecule has 0 rings (SSSR count). The molecule has 4 nitrogen and oxygen atoms in total. The Morgan fingerprint density at radius 3 is 2.70 bits per heavy atom. The number of carbonyl (C=O) groups is 2. The average molecular weight is 146 g/mol. The Morgan fingerprint density at radius 1 is 1.80 bits per heavy atom. The highest BCUT2D eigenvalue weighted by molar-refractivity contribution is 5.73. The zero-order valence-electron chi connectivity index (χ0n) is 5.74. The topological polar surface area (TPSA) is 63.6 Å². The summed E-state index contributed by atoms with van der Waals surface area (Å²) >= 11 is 0. The summed E-state index contributed by atoms with van der Waals surface area (Å²) in [5, 5.41) is 8.43. The van der Waals surface area contributed by atoms with Gasteiger partial charge in [0.25, 0.3) is 0 Å². The van der Waals surface area contributed by atoms with Crippen LogP contribution in [-0.4, -0.2) is 31.1 Å². The molecule has 0 aromatic carbocycles. The van der Waals surface area contributed by atoms with Gasteiger partial charge in [-0.1, -0.05) is 0 Å². The molecular weight excluding hydrogens is 136 g/mol. The van der Waals surface area contributed by atoms with Crippen LogP contribution in [0.2, 0.25) is 0 Å². The van der Waals surface area contributed by atoms with E-state index in [1.165, 1.54) is 7.11 Å². The van der Waals surface area contributed by atoms with Crippen LogP contribution in [0.3, 0.4) is 0 Å². The fourth-order valence-corrected chi connectivity index (χ4v) is 0.453. The van der Waals surface area contributed by atoms with Crippen molar-refractivity contribution in [2.75, 3.05) is 13.7 Å². The maximum Gasteiger partial charge on any atom is 0.306 e.